The molecular weight excluding hydrogens is 446 g/mol. The van der Waals surface area contributed by atoms with Crippen molar-refractivity contribution in [2.45, 2.75) is 19.9 Å². The Morgan fingerprint density at radius 2 is 1.62 bits per heavy atom. The van der Waals surface area contributed by atoms with Gasteiger partial charge in [0.1, 0.15) is 17.2 Å². The zero-order valence-corrected chi connectivity index (χ0v) is 19.2. The molecular formula is C27H20ClN5O. The molecule has 166 valence electrons. The van der Waals surface area contributed by atoms with Gasteiger partial charge < -0.3 is 0 Å². The average Bonchev–Trinajstić information content (AvgIpc) is 3.19. The van der Waals surface area contributed by atoms with E-state index in [1.807, 2.05) is 65.2 Å². The van der Waals surface area contributed by atoms with Gasteiger partial charge in [0, 0.05) is 10.7 Å². The Morgan fingerprint density at radius 3 is 2.38 bits per heavy atom. The lowest BCUT2D eigenvalue weighted by Crippen LogP contribution is -2.21. The Labute approximate surface area is 200 Å². The van der Waals surface area contributed by atoms with E-state index in [0.29, 0.717) is 33.8 Å². The number of hydrogen-bond acceptors (Lipinski definition) is 4. The van der Waals surface area contributed by atoms with Crippen LogP contribution in [0.5, 0.6) is 0 Å². The molecule has 0 saturated heterocycles. The highest BCUT2D eigenvalue weighted by atomic mass is 35.5. The lowest BCUT2D eigenvalue weighted by molar-refractivity contribution is 0.747. The molecule has 0 fully saturated rings. The summed E-state index contributed by atoms with van der Waals surface area (Å²) in [4.78, 5) is 28.2. The molecule has 0 spiro atoms. The molecule has 0 bridgehead atoms. The van der Waals surface area contributed by atoms with Gasteiger partial charge in [-0.1, -0.05) is 54.9 Å². The van der Waals surface area contributed by atoms with Gasteiger partial charge in [-0.15, -0.1) is 0 Å². The Balaban J connectivity index is 1.67. The second-order valence-corrected chi connectivity index (χ2v) is 8.68. The van der Waals surface area contributed by atoms with Crippen molar-refractivity contribution in [2.75, 3.05) is 0 Å². The molecule has 0 N–H and O–H groups in total. The summed E-state index contributed by atoms with van der Waals surface area (Å²) in [5.41, 5.74) is 6.15. The first-order chi connectivity index (χ1) is 16.6. The van der Waals surface area contributed by atoms with Gasteiger partial charge in [0.25, 0.3) is 5.56 Å². The third kappa shape index (κ3) is 3.35. The van der Waals surface area contributed by atoms with Gasteiger partial charge in [-0.2, -0.15) is 0 Å². The molecule has 6 rings (SSSR count). The maximum Gasteiger partial charge on any atom is 0.265 e. The maximum atomic E-state index is 13.7. The molecule has 3 aromatic heterocycles. The van der Waals surface area contributed by atoms with Gasteiger partial charge >= 0.3 is 0 Å². The summed E-state index contributed by atoms with van der Waals surface area (Å²) < 4.78 is 3.55. The van der Waals surface area contributed by atoms with E-state index >= 15 is 0 Å². The molecule has 6 aromatic rings. The minimum Gasteiger partial charge on any atom is -0.294 e. The number of nitrogens with zero attached hydrogens (tertiary/aromatic N) is 5. The van der Waals surface area contributed by atoms with Gasteiger partial charge in [-0.25, -0.2) is 15.0 Å². The summed E-state index contributed by atoms with van der Waals surface area (Å²) in [5.74, 6) is 0. The van der Waals surface area contributed by atoms with E-state index in [9.17, 15) is 4.79 Å². The van der Waals surface area contributed by atoms with Crippen molar-refractivity contribution in [3.8, 4) is 5.69 Å². The lowest BCUT2D eigenvalue weighted by Gasteiger charge is -2.09. The highest BCUT2D eigenvalue weighted by Crippen LogP contribution is 2.28. The number of aromatic nitrogens is 5. The Morgan fingerprint density at radius 1 is 0.853 bits per heavy atom. The third-order valence-electron chi connectivity index (χ3n) is 6.07. The molecule has 0 amide bonds. The van der Waals surface area contributed by atoms with Gasteiger partial charge in [0.05, 0.1) is 17.6 Å². The van der Waals surface area contributed by atoms with Crippen LogP contribution in [0, 0.1) is 0 Å². The molecule has 0 unspecified atom stereocenters. The second-order valence-electron chi connectivity index (χ2n) is 8.25. The smallest absolute Gasteiger partial charge is 0.265 e. The molecule has 0 radical (unpaired) electrons. The van der Waals surface area contributed by atoms with Crippen LogP contribution in [0.25, 0.3) is 38.9 Å². The van der Waals surface area contributed by atoms with Crippen LogP contribution in [0.2, 0.25) is 5.02 Å². The van der Waals surface area contributed by atoms with Crippen LogP contribution in [0.1, 0.15) is 18.1 Å². The van der Waals surface area contributed by atoms with Gasteiger partial charge in [-0.05, 0) is 53.9 Å². The molecule has 0 aliphatic rings. The van der Waals surface area contributed by atoms with Crippen molar-refractivity contribution >= 4 is 44.8 Å². The fraction of sp³-hybridized carbons (Fsp3) is 0.111. The fourth-order valence-electron chi connectivity index (χ4n) is 4.33. The lowest BCUT2D eigenvalue weighted by atomic mass is 10.1. The molecule has 6 nitrogen and oxygen atoms in total. The van der Waals surface area contributed by atoms with E-state index < -0.39 is 0 Å². The van der Waals surface area contributed by atoms with Crippen LogP contribution < -0.4 is 5.56 Å². The van der Waals surface area contributed by atoms with E-state index in [1.54, 1.807) is 10.9 Å². The summed E-state index contributed by atoms with van der Waals surface area (Å²) >= 11 is 6.02. The number of aryl methyl sites for hydroxylation is 1. The van der Waals surface area contributed by atoms with Crippen molar-refractivity contribution in [2.24, 2.45) is 0 Å². The van der Waals surface area contributed by atoms with E-state index in [4.69, 9.17) is 26.6 Å². The number of fused-ring (bicyclic) bond motifs is 4. The monoisotopic (exact) mass is 465 g/mol. The molecule has 0 aliphatic carbocycles. The quantitative estimate of drug-likeness (QED) is 0.342. The summed E-state index contributed by atoms with van der Waals surface area (Å²) in [7, 11) is 0. The van der Waals surface area contributed by atoms with Crippen LogP contribution in [0.3, 0.4) is 0 Å². The minimum atomic E-state index is -0.153. The van der Waals surface area contributed by atoms with Crippen LogP contribution >= 0.6 is 11.6 Å². The van der Waals surface area contributed by atoms with Crippen LogP contribution in [-0.4, -0.2) is 24.1 Å². The van der Waals surface area contributed by atoms with E-state index in [0.717, 1.165) is 28.7 Å². The number of benzene rings is 3. The van der Waals surface area contributed by atoms with Crippen molar-refractivity contribution in [1.29, 1.82) is 0 Å². The van der Waals surface area contributed by atoms with Crippen LogP contribution in [-0.2, 0) is 13.0 Å². The topological polar surface area (TPSA) is 65.6 Å². The summed E-state index contributed by atoms with van der Waals surface area (Å²) in [5, 5.41) is 1.12. The first kappa shape index (κ1) is 20.6. The number of halogens is 1. The Bertz CT molecular complexity index is 1750. The number of hydrogen-bond donors (Lipinski definition) is 0. The Kier molecular flexibility index (Phi) is 4.89. The number of para-hydroxylation sites is 2. The first-order valence-electron chi connectivity index (χ1n) is 11.1. The summed E-state index contributed by atoms with van der Waals surface area (Å²) in [6.45, 7) is 2.50. The first-order valence-corrected chi connectivity index (χ1v) is 11.5. The molecule has 3 heterocycles. The van der Waals surface area contributed by atoms with Crippen molar-refractivity contribution in [3.05, 3.63) is 106 Å². The zero-order chi connectivity index (χ0) is 23.2. The van der Waals surface area contributed by atoms with Crippen molar-refractivity contribution in [3.63, 3.8) is 0 Å². The predicted molar refractivity (Wildman–Crippen MR) is 136 cm³/mol. The fourth-order valence-corrected chi connectivity index (χ4v) is 4.46. The van der Waals surface area contributed by atoms with E-state index in [-0.39, 0.29) is 5.56 Å². The van der Waals surface area contributed by atoms with Crippen LogP contribution in [0.4, 0.5) is 0 Å². The van der Waals surface area contributed by atoms with Crippen molar-refractivity contribution < 1.29 is 0 Å². The van der Waals surface area contributed by atoms with E-state index in [1.165, 1.54) is 5.56 Å². The van der Waals surface area contributed by atoms with Crippen LogP contribution in [0.15, 0.2) is 83.9 Å². The number of rotatable bonds is 4. The summed E-state index contributed by atoms with van der Waals surface area (Å²) in [6, 6.07) is 23.4. The molecule has 3 aromatic carbocycles. The zero-order valence-electron chi connectivity index (χ0n) is 18.4. The van der Waals surface area contributed by atoms with Gasteiger partial charge in [-0.3, -0.25) is 13.9 Å². The molecule has 0 aliphatic heterocycles. The SMILES string of the molecule is CCc1cccc(-n2c3nc4ccccc4nc3c3c(=O)n(Cc4ccc(Cl)cc4)cnc32)c1. The predicted octanol–water partition coefficient (Wildman–Crippen LogP) is 5.55. The molecule has 34 heavy (non-hydrogen) atoms. The van der Waals surface area contributed by atoms with Gasteiger partial charge in [0.15, 0.2) is 11.3 Å². The third-order valence-corrected chi connectivity index (χ3v) is 6.33. The van der Waals surface area contributed by atoms with E-state index in [2.05, 4.69) is 19.1 Å². The highest BCUT2D eigenvalue weighted by Gasteiger charge is 2.21. The normalized spacial score (nSPS) is 11.6. The summed E-state index contributed by atoms with van der Waals surface area (Å²) in [6.07, 6.45) is 2.50. The average molecular weight is 466 g/mol. The standard InChI is InChI=1S/C27H20ClN5O/c1-2-17-6-5-7-20(14-17)33-25-23(24-26(33)31-22-9-4-3-8-21(22)30-24)27(34)32(16-29-25)15-18-10-12-19(28)13-11-18/h3-14,16H,2,15H2,1H3. The highest BCUT2D eigenvalue weighted by molar-refractivity contribution is 6.30. The van der Waals surface area contributed by atoms with Crippen molar-refractivity contribution in [1.82, 2.24) is 24.1 Å². The molecule has 0 atom stereocenters. The van der Waals surface area contributed by atoms with Gasteiger partial charge in [0.2, 0.25) is 0 Å². The minimum absolute atomic E-state index is 0.153. The second kappa shape index (κ2) is 8.08. The largest absolute Gasteiger partial charge is 0.294 e. The molecule has 0 saturated carbocycles. The Hall–Kier alpha value is -4.03. The molecule has 7 heteroatoms. The maximum absolute atomic E-state index is 13.7.